The molecule has 0 atom stereocenters. The van der Waals surface area contributed by atoms with Gasteiger partial charge in [-0.15, -0.1) is 0 Å². The van der Waals surface area contributed by atoms with Crippen LogP contribution in [0.15, 0.2) is 24.3 Å². The molecule has 2 heterocycles. The summed E-state index contributed by atoms with van der Waals surface area (Å²) in [6.45, 7) is 0.724. The highest BCUT2D eigenvalue weighted by molar-refractivity contribution is 6.05. The molecule has 0 saturated heterocycles. The lowest BCUT2D eigenvalue weighted by Gasteiger charge is -2.17. The van der Waals surface area contributed by atoms with E-state index in [1.807, 2.05) is 16.7 Å². The smallest absolute Gasteiger partial charge is 0.287 e. The molecule has 7 heteroatoms. The second kappa shape index (κ2) is 6.82. The minimum atomic E-state index is -0.297. The minimum Gasteiger partial charge on any atom is -0.497 e. The molecule has 1 aliphatic heterocycles. The van der Waals surface area contributed by atoms with Gasteiger partial charge in [0.15, 0.2) is 11.5 Å². The summed E-state index contributed by atoms with van der Waals surface area (Å²) in [5, 5.41) is 5.83. The molecule has 1 aromatic carbocycles. The predicted molar refractivity (Wildman–Crippen MR) is 96.6 cm³/mol. The first-order chi connectivity index (χ1) is 12.7. The molecular formula is C19H22N4O3. The number of aromatic nitrogens is 2. The number of nitrogens with one attached hydrogen (secondary N) is 2. The van der Waals surface area contributed by atoms with E-state index in [1.165, 1.54) is 0 Å². The number of carbonyl (C=O) groups excluding carboxylic acids is 2. The molecule has 0 radical (unpaired) electrons. The lowest BCUT2D eigenvalue weighted by Crippen LogP contribution is -2.29. The van der Waals surface area contributed by atoms with Crippen molar-refractivity contribution in [3.05, 3.63) is 41.5 Å². The van der Waals surface area contributed by atoms with Crippen LogP contribution in [0.25, 0.3) is 0 Å². The first-order valence-electron chi connectivity index (χ1n) is 9.01. The van der Waals surface area contributed by atoms with Crippen LogP contribution in [0.1, 0.15) is 52.5 Å². The molecule has 26 heavy (non-hydrogen) atoms. The maximum Gasteiger partial charge on any atom is 0.287 e. The van der Waals surface area contributed by atoms with E-state index in [0.29, 0.717) is 23.0 Å². The van der Waals surface area contributed by atoms with Crippen molar-refractivity contribution in [3.63, 3.8) is 0 Å². The van der Waals surface area contributed by atoms with Gasteiger partial charge in [-0.25, -0.2) is 4.98 Å². The molecule has 0 unspecified atom stereocenters. The molecule has 0 spiro atoms. The van der Waals surface area contributed by atoms with E-state index in [-0.39, 0.29) is 17.9 Å². The van der Waals surface area contributed by atoms with E-state index in [9.17, 15) is 9.59 Å². The van der Waals surface area contributed by atoms with Gasteiger partial charge in [0.2, 0.25) is 0 Å². The molecule has 1 aromatic heterocycles. The summed E-state index contributed by atoms with van der Waals surface area (Å²) in [6.07, 6.45) is 4.77. The van der Waals surface area contributed by atoms with Gasteiger partial charge >= 0.3 is 0 Å². The summed E-state index contributed by atoms with van der Waals surface area (Å²) < 4.78 is 7.09. The van der Waals surface area contributed by atoms with Gasteiger partial charge in [0.25, 0.3) is 11.8 Å². The van der Waals surface area contributed by atoms with E-state index in [2.05, 4.69) is 15.6 Å². The Labute approximate surface area is 151 Å². The normalized spacial score (nSPS) is 15.9. The van der Waals surface area contributed by atoms with Crippen LogP contribution in [0.5, 0.6) is 5.75 Å². The summed E-state index contributed by atoms with van der Waals surface area (Å²) >= 11 is 0. The Hall–Kier alpha value is -2.83. The fourth-order valence-electron chi connectivity index (χ4n) is 3.27. The van der Waals surface area contributed by atoms with Gasteiger partial charge in [0, 0.05) is 24.3 Å². The number of hydrogen-bond acceptors (Lipinski definition) is 4. The zero-order valence-electron chi connectivity index (χ0n) is 14.7. The Bertz CT molecular complexity index is 854. The van der Waals surface area contributed by atoms with E-state index in [1.54, 1.807) is 19.2 Å². The zero-order chi connectivity index (χ0) is 18.1. The third kappa shape index (κ3) is 3.29. The van der Waals surface area contributed by atoms with Crippen LogP contribution in [0, 0.1) is 0 Å². The third-order valence-corrected chi connectivity index (χ3v) is 4.78. The predicted octanol–water partition coefficient (Wildman–Crippen LogP) is 2.37. The highest BCUT2D eigenvalue weighted by Crippen LogP contribution is 2.24. The molecule has 0 bridgehead atoms. The Kier molecular flexibility index (Phi) is 4.36. The van der Waals surface area contributed by atoms with Crippen LogP contribution in [0.2, 0.25) is 0 Å². The highest BCUT2D eigenvalue weighted by Gasteiger charge is 2.30. The van der Waals surface area contributed by atoms with Crippen LogP contribution in [-0.4, -0.2) is 34.5 Å². The summed E-state index contributed by atoms with van der Waals surface area (Å²) in [4.78, 5) is 29.7. The van der Waals surface area contributed by atoms with Crippen molar-refractivity contribution in [1.29, 1.82) is 0 Å². The zero-order valence-corrected chi connectivity index (χ0v) is 14.7. The summed E-state index contributed by atoms with van der Waals surface area (Å²) in [7, 11) is 1.58. The van der Waals surface area contributed by atoms with Crippen molar-refractivity contribution >= 4 is 17.5 Å². The van der Waals surface area contributed by atoms with Crippen molar-refractivity contribution in [2.45, 2.75) is 44.7 Å². The highest BCUT2D eigenvalue weighted by atomic mass is 16.5. The first-order valence-corrected chi connectivity index (χ1v) is 9.01. The Morgan fingerprint density at radius 1 is 1.23 bits per heavy atom. The Morgan fingerprint density at radius 3 is 2.85 bits per heavy atom. The quantitative estimate of drug-likeness (QED) is 0.863. The number of rotatable bonds is 5. The molecule has 136 valence electrons. The molecule has 2 amide bonds. The summed E-state index contributed by atoms with van der Waals surface area (Å²) in [5.41, 5.74) is 1.82. The maximum absolute atomic E-state index is 12.8. The van der Waals surface area contributed by atoms with Gasteiger partial charge in [-0.2, -0.15) is 0 Å². The summed E-state index contributed by atoms with van der Waals surface area (Å²) in [6, 6.07) is 7.43. The molecule has 4 rings (SSSR count). The molecule has 1 saturated carbocycles. The topological polar surface area (TPSA) is 85.2 Å². The lowest BCUT2D eigenvalue weighted by molar-refractivity contribution is 0.0935. The van der Waals surface area contributed by atoms with Gasteiger partial charge < -0.3 is 19.9 Å². The molecule has 2 aliphatic rings. The van der Waals surface area contributed by atoms with E-state index in [4.69, 9.17) is 4.74 Å². The van der Waals surface area contributed by atoms with Gasteiger partial charge in [-0.3, -0.25) is 9.59 Å². The molecule has 1 fully saturated rings. The second-order valence-corrected chi connectivity index (χ2v) is 6.77. The standard InChI is InChI=1S/C19H22N4O3/c1-26-14-6-4-5-13(11-14)21-18(24)16-15-7-2-3-10-23(15)17(22-16)19(25)20-12-8-9-12/h4-6,11-12H,2-3,7-10H2,1H3,(H,20,25)(H,21,24). The van der Waals surface area contributed by atoms with Gasteiger partial charge in [-0.1, -0.05) is 6.07 Å². The molecule has 2 N–H and O–H groups in total. The SMILES string of the molecule is COc1cccc(NC(=O)c2nc(C(=O)NC3CC3)n3c2CCCC3)c1. The fourth-order valence-corrected chi connectivity index (χ4v) is 3.27. The molecule has 7 nitrogen and oxygen atoms in total. The van der Waals surface area contributed by atoms with Crippen LogP contribution in [0.3, 0.4) is 0 Å². The number of hydrogen-bond donors (Lipinski definition) is 2. The van der Waals surface area contributed by atoms with E-state index in [0.717, 1.165) is 44.3 Å². The summed E-state index contributed by atoms with van der Waals surface area (Å²) in [5.74, 6) is 0.534. The average Bonchev–Trinajstić information content (AvgIpc) is 3.38. The largest absolute Gasteiger partial charge is 0.497 e. The van der Waals surface area contributed by atoms with Crippen LogP contribution >= 0.6 is 0 Å². The third-order valence-electron chi connectivity index (χ3n) is 4.78. The fraction of sp³-hybridized carbons (Fsp3) is 0.421. The monoisotopic (exact) mass is 354 g/mol. The molecular weight excluding hydrogens is 332 g/mol. The lowest BCUT2D eigenvalue weighted by atomic mass is 10.1. The number of carbonyl (C=O) groups is 2. The number of ether oxygens (including phenoxy) is 1. The van der Waals surface area contributed by atoms with Gasteiger partial charge in [-0.05, 0) is 44.2 Å². The van der Waals surface area contributed by atoms with Gasteiger partial charge in [0.1, 0.15) is 5.75 Å². The number of methoxy groups -OCH3 is 1. The van der Waals surface area contributed by atoms with E-state index < -0.39 is 0 Å². The second-order valence-electron chi connectivity index (χ2n) is 6.77. The first kappa shape index (κ1) is 16.6. The number of anilines is 1. The average molecular weight is 354 g/mol. The number of fused-ring (bicyclic) bond motifs is 1. The van der Waals surface area contributed by atoms with Crippen molar-refractivity contribution in [1.82, 2.24) is 14.9 Å². The Balaban J connectivity index is 1.61. The molecule has 1 aliphatic carbocycles. The van der Waals surface area contributed by atoms with Crippen molar-refractivity contribution in [3.8, 4) is 5.75 Å². The van der Waals surface area contributed by atoms with Crippen molar-refractivity contribution in [2.75, 3.05) is 12.4 Å². The number of amides is 2. The van der Waals surface area contributed by atoms with Crippen LogP contribution < -0.4 is 15.4 Å². The van der Waals surface area contributed by atoms with Crippen LogP contribution in [-0.2, 0) is 13.0 Å². The van der Waals surface area contributed by atoms with Crippen LogP contribution in [0.4, 0.5) is 5.69 Å². The van der Waals surface area contributed by atoms with E-state index >= 15 is 0 Å². The maximum atomic E-state index is 12.8. The molecule has 2 aromatic rings. The number of nitrogens with zero attached hydrogens (tertiary/aromatic N) is 2. The number of imidazole rings is 1. The Morgan fingerprint density at radius 2 is 2.08 bits per heavy atom. The minimum absolute atomic E-state index is 0.184. The van der Waals surface area contributed by atoms with Crippen molar-refractivity contribution in [2.24, 2.45) is 0 Å². The van der Waals surface area contributed by atoms with Crippen molar-refractivity contribution < 1.29 is 14.3 Å². The number of benzene rings is 1. The van der Waals surface area contributed by atoms with Gasteiger partial charge in [0.05, 0.1) is 12.8 Å².